The Morgan fingerprint density at radius 2 is 1.78 bits per heavy atom. The number of carbonyl (C=O) groups is 1. The van der Waals surface area contributed by atoms with Gasteiger partial charge in [0.2, 0.25) is 6.79 Å². The fourth-order valence-corrected chi connectivity index (χ4v) is 3.99. The summed E-state index contributed by atoms with van der Waals surface area (Å²) in [6.07, 6.45) is 0.880. The van der Waals surface area contributed by atoms with E-state index in [0.29, 0.717) is 26.2 Å². The highest BCUT2D eigenvalue weighted by Gasteiger charge is 2.23. The van der Waals surface area contributed by atoms with Crippen LogP contribution in [0.4, 0.5) is 16.3 Å². The van der Waals surface area contributed by atoms with Crippen LogP contribution in [0.25, 0.3) is 11.3 Å². The molecule has 1 aromatic heterocycles. The van der Waals surface area contributed by atoms with Gasteiger partial charge in [-0.2, -0.15) is 0 Å². The molecular formula is C24H25N5O3. The molecule has 2 aliphatic heterocycles. The Morgan fingerprint density at radius 3 is 2.56 bits per heavy atom. The number of urea groups is 1. The van der Waals surface area contributed by atoms with E-state index in [9.17, 15) is 4.79 Å². The highest BCUT2D eigenvalue weighted by molar-refractivity contribution is 5.90. The molecule has 0 radical (unpaired) electrons. The summed E-state index contributed by atoms with van der Waals surface area (Å²) in [4.78, 5) is 16.7. The van der Waals surface area contributed by atoms with Gasteiger partial charge in [-0.15, -0.1) is 10.2 Å². The number of fused-ring (bicyclic) bond motifs is 1. The van der Waals surface area contributed by atoms with Crippen molar-refractivity contribution in [1.29, 1.82) is 0 Å². The first kappa shape index (κ1) is 20.1. The number of piperazine rings is 1. The number of amides is 2. The lowest BCUT2D eigenvalue weighted by Crippen LogP contribution is -2.50. The Balaban J connectivity index is 1.19. The highest BCUT2D eigenvalue weighted by Crippen LogP contribution is 2.35. The number of benzene rings is 2. The summed E-state index contributed by atoms with van der Waals surface area (Å²) in [7, 11) is 0. The SMILES string of the molecule is CCc1ccccc1NC(=O)N1CCN(c2ccc(-c3ccc4c(c3)OCO4)nn2)CC1. The lowest BCUT2D eigenvalue weighted by Gasteiger charge is -2.35. The molecule has 0 atom stereocenters. The summed E-state index contributed by atoms with van der Waals surface area (Å²) < 4.78 is 10.8. The number of rotatable bonds is 4. The average Bonchev–Trinajstić information content (AvgIpc) is 3.32. The standard InChI is InChI=1S/C24H25N5O3/c1-2-17-5-3-4-6-19(17)25-24(30)29-13-11-28(12-14-29)23-10-8-20(26-27-23)18-7-9-21-22(15-18)32-16-31-21/h3-10,15H,2,11-14,16H2,1H3,(H,25,30). The van der Waals surface area contributed by atoms with Gasteiger partial charge in [-0.1, -0.05) is 25.1 Å². The lowest BCUT2D eigenvalue weighted by molar-refractivity contribution is 0.174. The normalized spacial score (nSPS) is 15.0. The molecule has 0 unspecified atom stereocenters. The molecule has 0 saturated carbocycles. The molecule has 8 nitrogen and oxygen atoms in total. The van der Waals surface area contributed by atoms with Gasteiger partial charge in [0.25, 0.3) is 0 Å². The fraction of sp³-hybridized carbons (Fsp3) is 0.292. The molecule has 32 heavy (non-hydrogen) atoms. The second-order valence-corrected chi connectivity index (χ2v) is 7.76. The van der Waals surface area contributed by atoms with E-state index in [1.165, 1.54) is 0 Å². The van der Waals surface area contributed by atoms with E-state index < -0.39 is 0 Å². The Labute approximate surface area is 186 Å². The van der Waals surface area contributed by atoms with Crippen molar-refractivity contribution in [3.8, 4) is 22.8 Å². The number of nitrogens with one attached hydrogen (secondary N) is 1. The Kier molecular flexibility index (Phi) is 5.49. The third kappa shape index (κ3) is 4.03. The predicted octanol–water partition coefficient (Wildman–Crippen LogP) is 3.79. The van der Waals surface area contributed by atoms with E-state index in [1.807, 2.05) is 59.5 Å². The zero-order valence-corrected chi connectivity index (χ0v) is 18.0. The first-order valence-corrected chi connectivity index (χ1v) is 10.8. The van der Waals surface area contributed by atoms with E-state index in [0.717, 1.165) is 46.2 Å². The van der Waals surface area contributed by atoms with Crippen molar-refractivity contribution in [2.75, 3.05) is 43.2 Å². The number of nitrogens with zero attached hydrogens (tertiary/aromatic N) is 4. The van der Waals surface area contributed by atoms with Crippen molar-refractivity contribution in [3.05, 3.63) is 60.2 Å². The van der Waals surface area contributed by atoms with E-state index >= 15 is 0 Å². The van der Waals surface area contributed by atoms with Gasteiger partial charge < -0.3 is 24.6 Å². The summed E-state index contributed by atoms with van der Waals surface area (Å²) >= 11 is 0. The molecule has 1 saturated heterocycles. The van der Waals surface area contributed by atoms with Gasteiger partial charge in [-0.3, -0.25) is 0 Å². The zero-order valence-electron chi connectivity index (χ0n) is 18.0. The summed E-state index contributed by atoms with van der Waals surface area (Å²) in [5, 5.41) is 11.9. The summed E-state index contributed by atoms with van der Waals surface area (Å²) in [6, 6.07) is 17.5. The minimum atomic E-state index is -0.0604. The van der Waals surface area contributed by atoms with Crippen LogP contribution in [0, 0.1) is 0 Å². The molecule has 0 aliphatic carbocycles. The maximum Gasteiger partial charge on any atom is 0.321 e. The molecular weight excluding hydrogens is 406 g/mol. The molecule has 2 aliphatic rings. The molecule has 0 bridgehead atoms. The molecule has 5 rings (SSSR count). The monoisotopic (exact) mass is 431 g/mol. The molecule has 3 heterocycles. The van der Waals surface area contributed by atoms with Gasteiger partial charge in [0, 0.05) is 37.4 Å². The number of aromatic nitrogens is 2. The third-order valence-electron chi connectivity index (χ3n) is 5.85. The van der Waals surface area contributed by atoms with Crippen molar-refractivity contribution in [3.63, 3.8) is 0 Å². The maximum atomic E-state index is 12.7. The van der Waals surface area contributed by atoms with Gasteiger partial charge >= 0.3 is 6.03 Å². The van der Waals surface area contributed by atoms with Crippen molar-refractivity contribution in [2.45, 2.75) is 13.3 Å². The molecule has 2 aromatic carbocycles. The molecule has 2 amide bonds. The van der Waals surface area contributed by atoms with Crippen LogP contribution in [0.5, 0.6) is 11.5 Å². The molecule has 0 spiro atoms. The van der Waals surface area contributed by atoms with Crippen LogP contribution in [-0.4, -0.2) is 54.1 Å². The molecule has 1 N–H and O–H groups in total. The second-order valence-electron chi connectivity index (χ2n) is 7.76. The number of aryl methyl sites for hydroxylation is 1. The van der Waals surface area contributed by atoms with E-state index in [1.54, 1.807) is 0 Å². The van der Waals surface area contributed by atoms with Crippen molar-refractivity contribution >= 4 is 17.5 Å². The van der Waals surface area contributed by atoms with Crippen molar-refractivity contribution in [1.82, 2.24) is 15.1 Å². The van der Waals surface area contributed by atoms with Gasteiger partial charge in [0.1, 0.15) is 0 Å². The van der Waals surface area contributed by atoms with E-state index in [-0.39, 0.29) is 12.8 Å². The van der Waals surface area contributed by atoms with Gasteiger partial charge in [0.15, 0.2) is 17.3 Å². The first-order chi connectivity index (χ1) is 15.7. The third-order valence-corrected chi connectivity index (χ3v) is 5.85. The van der Waals surface area contributed by atoms with Crippen molar-refractivity contribution < 1.29 is 14.3 Å². The Hall–Kier alpha value is -3.81. The van der Waals surface area contributed by atoms with Gasteiger partial charge in [-0.05, 0) is 48.4 Å². The van der Waals surface area contributed by atoms with Gasteiger partial charge in [-0.25, -0.2) is 4.79 Å². The first-order valence-electron chi connectivity index (χ1n) is 10.8. The lowest BCUT2D eigenvalue weighted by atomic mass is 10.1. The minimum Gasteiger partial charge on any atom is -0.454 e. The number of hydrogen-bond acceptors (Lipinski definition) is 6. The zero-order chi connectivity index (χ0) is 21.9. The highest BCUT2D eigenvalue weighted by atomic mass is 16.7. The Morgan fingerprint density at radius 1 is 0.969 bits per heavy atom. The topological polar surface area (TPSA) is 79.8 Å². The molecule has 164 valence electrons. The molecule has 1 fully saturated rings. The predicted molar refractivity (Wildman–Crippen MR) is 122 cm³/mol. The Bertz CT molecular complexity index is 1110. The molecule has 3 aromatic rings. The average molecular weight is 431 g/mol. The van der Waals surface area contributed by atoms with E-state index in [2.05, 4.69) is 27.3 Å². The number of ether oxygens (including phenoxy) is 2. The number of para-hydroxylation sites is 1. The van der Waals surface area contributed by atoms with Crippen molar-refractivity contribution in [2.24, 2.45) is 0 Å². The second kappa shape index (κ2) is 8.74. The maximum absolute atomic E-state index is 12.7. The quantitative estimate of drug-likeness (QED) is 0.677. The minimum absolute atomic E-state index is 0.0604. The summed E-state index contributed by atoms with van der Waals surface area (Å²) in [5.74, 6) is 2.29. The van der Waals surface area contributed by atoms with Gasteiger partial charge in [0.05, 0.1) is 5.69 Å². The van der Waals surface area contributed by atoms with Crippen LogP contribution >= 0.6 is 0 Å². The smallest absolute Gasteiger partial charge is 0.321 e. The van der Waals surface area contributed by atoms with Crippen LogP contribution in [0.1, 0.15) is 12.5 Å². The van der Waals surface area contributed by atoms with Crippen LogP contribution in [0.2, 0.25) is 0 Å². The number of hydrogen-bond donors (Lipinski definition) is 1. The van der Waals surface area contributed by atoms with E-state index in [4.69, 9.17) is 9.47 Å². The van der Waals surface area contributed by atoms with Crippen LogP contribution in [-0.2, 0) is 6.42 Å². The van der Waals surface area contributed by atoms with Crippen LogP contribution < -0.4 is 19.7 Å². The summed E-state index contributed by atoms with van der Waals surface area (Å²) in [5.41, 5.74) is 3.73. The number of anilines is 2. The number of carbonyl (C=O) groups excluding carboxylic acids is 1. The fourth-order valence-electron chi connectivity index (χ4n) is 3.99. The summed E-state index contributed by atoms with van der Waals surface area (Å²) in [6.45, 7) is 5.01. The largest absolute Gasteiger partial charge is 0.454 e. The molecule has 8 heteroatoms. The van der Waals surface area contributed by atoms with Crippen LogP contribution in [0.15, 0.2) is 54.6 Å². The van der Waals surface area contributed by atoms with Crippen LogP contribution in [0.3, 0.4) is 0 Å².